The Morgan fingerprint density at radius 3 is 2.50 bits per heavy atom. The molecule has 1 aromatic carbocycles. The van der Waals surface area contributed by atoms with Gasteiger partial charge in [0.1, 0.15) is 0 Å². The Kier molecular flexibility index (Phi) is 5.18. The highest BCUT2D eigenvalue weighted by Gasteiger charge is 2.33. The number of carbonyl (C=O) groups is 1. The Morgan fingerprint density at radius 1 is 1.25 bits per heavy atom. The number of hydrogen-bond donors (Lipinski definition) is 1. The maximum atomic E-state index is 12.7. The van der Waals surface area contributed by atoms with E-state index in [0.717, 1.165) is 50.8 Å². The molecule has 20 heavy (non-hydrogen) atoms. The summed E-state index contributed by atoms with van der Waals surface area (Å²) in [7, 11) is 0. The molecule has 0 unspecified atom stereocenters. The smallest absolute Gasteiger partial charge is 0.228 e. The van der Waals surface area contributed by atoms with Crippen molar-refractivity contribution in [2.24, 2.45) is 5.73 Å². The average Bonchev–Trinajstić information content (AvgIpc) is 2.87. The van der Waals surface area contributed by atoms with Crippen molar-refractivity contribution in [3.05, 3.63) is 30.3 Å². The zero-order valence-electron chi connectivity index (χ0n) is 12.5. The van der Waals surface area contributed by atoms with Crippen LogP contribution in [0.25, 0.3) is 0 Å². The van der Waals surface area contributed by atoms with Crippen LogP contribution in [-0.4, -0.2) is 18.0 Å². The average molecular weight is 274 g/mol. The van der Waals surface area contributed by atoms with E-state index in [4.69, 9.17) is 5.73 Å². The summed E-state index contributed by atoms with van der Waals surface area (Å²) in [5.41, 5.74) is 7.08. The van der Waals surface area contributed by atoms with E-state index in [-0.39, 0.29) is 11.4 Å². The van der Waals surface area contributed by atoms with Crippen LogP contribution in [0.3, 0.4) is 0 Å². The van der Waals surface area contributed by atoms with Gasteiger partial charge in [-0.1, -0.05) is 44.4 Å². The first-order chi connectivity index (χ1) is 9.64. The molecule has 0 saturated heterocycles. The van der Waals surface area contributed by atoms with E-state index in [0.29, 0.717) is 6.42 Å². The van der Waals surface area contributed by atoms with Gasteiger partial charge in [0.05, 0.1) is 0 Å². The van der Waals surface area contributed by atoms with Crippen molar-refractivity contribution in [1.29, 1.82) is 0 Å². The Labute approximate surface area is 122 Å². The predicted molar refractivity (Wildman–Crippen MR) is 83.7 cm³/mol. The van der Waals surface area contributed by atoms with Crippen LogP contribution in [0.1, 0.15) is 51.9 Å². The zero-order valence-corrected chi connectivity index (χ0v) is 12.5. The molecular weight excluding hydrogens is 248 g/mol. The highest BCUT2D eigenvalue weighted by Crippen LogP contribution is 2.31. The van der Waals surface area contributed by atoms with Gasteiger partial charge in [-0.05, 0) is 31.4 Å². The van der Waals surface area contributed by atoms with Gasteiger partial charge in [0.25, 0.3) is 0 Å². The van der Waals surface area contributed by atoms with Crippen molar-refractivity contribution in [2.45, 2.75) is 57.4 Å². The van der Waals surface area contributed by atoms with Crippen LogP contribution in [0.15, 0.2) is 30.3 Å². The number of benzene rings is 1. The molecule has 1 saturated carbocycles. The summed E-state index contributed by atoms with van der Waals surface area (Å²) in [6.45, 7) is 2.93. The first-order valence-electron chi connectivity index (χ1n) is 7.79. The molecule has 1 aromatic rings. The fourth-order valence-corrected chi connectivity index (χ4v) is 2.97. The summed E-state index contributed by atoms with van der Waals surface area (Å²) in [6.07, 6.45) is 6.87. The maximum Gasteiger partial charge on any atom is 0.228 e. The van der Waals surface area contributed by atoms with E-state index in [1.807, 2.05) is 35.2 Å². The highest BCUT2D eigenvalue weighted by molar-refractivity contribution is 5.94. The molecule has 3 heteroatoms. The SMILES string of the molecule is CCCCN(C(=O)CC1(N)CCCC1)c1ccccc1. The molecule has 1 aliphatic rings. The van der Waals surface area contributed by atoms with Crippen LogP contribution in [0.4, 0.5) is 5.69 Å². The molecule has 0 heterocycles. The van der Waals surface area contributed by atoms with Gasteiger partial charge in [0, 0.05) is 24.2 Å². The van der Waals surface area contributed by atoms with Crippen LogP contribution >= 0.6 is 0 Å². The van der Waals surface area contributed by atoms with Crippen LogP contribution in [0.2, 0.25) is 0 Å². The molecule has 0 radical (unpaired) electrons. The number of rotatable bonds is 6. The lowest BCUT2D eigenvalue weighted by Gasteiger charge is -2.28. The van der Waals surface area contributed by atoms with E-state index >= 15 is 0 Å². The van der Waals surface area contributed by atoms with E-state index in [1.54, 1.807) is 0 Å². The molecule has 2 rings (SSSR count). The summed E-state index contributed by atoms with van der Waals surface area (Å²) < 4.78 is 0. The minimum atomic E-state index is -0.268. The molecule has 110 valence electrons. The Morgan fingerprint density at radius 2 is 1.90 bits per heavy atom. The lowest BCUT2D eigenvalue weighted by atomic mass is 9.94. The van der Waals surface area contributed by atoms with Gasteiger partial charge >= 0.3 is 0 Å². The molecule has 0 aromatic heterocycles. The second-order valence-corrected chi connectivity index (χ2v) is 5.98. The third kappa shape index (κ3) is 3.83. The number of unbranched alkanes of at least 4 members (excludes halogenated alkanes) is 1. The lowest BCUT2D eigenvalue weighted by Crippen LogP contribution is -2.44. The molecule has 1 amide bonds. The number of nitrogens with two attached hydrogens (primary N) is 1. The molecule has 1 fully saturated rings. The number of anilines is 1. The molecule has 1 aliphatic carbocycles. The third-order valence-electron chi connectivity index (χ3n) is 4.21. The minimum absolute atomic E-state index is 0.175. The number of amides is 1. The number of nitrogens with zero attached hydrogens (tertiary/aromatic N) is 1. The van der Waals surface area contributed by atoms with Crippen LogP contribution in [-0.2, 0) is 4.79 Å². The summed E-state index contributed by atoms with van der Waals surface area (Å²) in [5, 5.41) is 0. The van der Waals surface area contributed by atoms with Gasteiger partial charge < -0.3 is 10.6 Å². The van der Waals surface area contributed by atoms with Gasteiger partial charge in [0.15, 0.2) is 0 Å². The molecular formula is C17H26N2O. The van der Waals surface area contributed by atoms with Crippen molar-refractivity contribution in [2.75, 3.05) is 11.4 Å². The van der Waals surface area contributed by atoms with Gasteiger partial charge in [-0.25, -0.2) is 0 Å². The maximum absolute atomic E-state index is 12.7. The van der Waals surface area contributed by atoms with Crippen molar-refractivity contribution in [3.8, 4) is 0 Å². The van der Waals surface area contributed by atoms with Gasteiger partial charge in [-0.15, -0.1) is 0 Å². The fourth-order valence-electron chi connectivity index (χ4n) is 2.97. The summed E-state index contributed by atoms with van der Waals surface area (Å²) in [5.74, 6) is 0.175. The number of carbonyl (C=O) groups excluding carboxylic acids is 1. The van der Waals surface area contributed by atoms with E-state index < -0.39 is 0 Å². The Bertz CT molecular complexity index is 424. The standard InChI is InChI=1S/C17H26N2O/c1-2-3-13-19(15-9-5-4-6-10-15)16(20)14-17(18)11-7-8-12-17/h4-6,9-10H,2-3,7-8,11-14,18H2,1H3. The molecule has 3 nitrogen and oxygen atoms in total. The molecule has 0 bridgehead atoms. The minimum Gasteiger partial charge on any atom is -0.325 e. The van der Waals surface area contributed by atoms with E-state index in [1.165, 1.54) is 0 Å². The second-order valence-electron chi connectivity index (χ2n) is 5.98. The van der Waals surface area contributed by atoms with Gasteiger partial charge in [0.2, 0.25) is 5.91 Å². The monoisotopic (exact) mass is 274 g/mol. The lowest BCUT2D eigenvalue weighted by molar-refractivity contribution is -0.119. The molecule has 0 atom stereocenters. The van der Waals surface area contributed by atoms with Crippen molar-refractivity contribution in [3.63, 3.8) is 0 Å². The third-order valence-corrected chi connectivity index (χ3v) is 4.21. The summed E-state index contributed by atoms with van der Waals surface area (Å²) in [4.78, 5) is 14.6. The normalized spacial score (nSPS) is 17.1. The fraction of sp³-hybridized carbons (Fsp3) is 0.588. The Hall–Kier alpha value is -1.35. The number of para-hydroxylation sites is 1. The Balaban J connectivity index is 2.07. The quantitative estimate of drug-likeness (QED) is 0.863. The zero-order chi connectivity index (χ0) is 14.4. The van der Waals surface area contributed by atoms with Crippen LogP contribution in [0, 0.1) is 0 Å². The van der Waals surface area contributed by atoms with E-state index in [2.05, 4.69) is 6.92 Å². The van der Waals surface area contributed by atoms with Gasteiger partial charge in [-0.2, -0.15) is 0 Å². The van der Waals surface area contributed by atoms with Crippen LogP contribution < -0.4 is 10.6 Å². The largest absolute Gasteiger partial charge is 0.325 e. The van der Waals surface area contributed by atoms with Crippen molar-refractivity contribution < 1.29 is 4.79 Å². The second kappa shape index (κ2) is 6.89. The molecule has 0 aliphatic heterocycles. The first kappa shape index (κ1) is 15.0. The van der Waals surface area contributed by atoms with Crippen LogP contribution in [0.5, 0.6) is 0 Å². The molecule has 2 N–H and O–H groups in total. The van der Waals surface area contributed by atoms with Crippen molar-refractivity contribution in [1.82, 2.24) is 0 Å². The highest BCUT2D eigenvalue weighted by atomic mass is 16.2. The first-order valence-corrected chi connectivity index (χ1v) is 7.79. The number of hydrogen-bond acceptors (Lipinski definition) is 2. The summed E-state index contributed by atoms with van der Waals surface area (Å²) in [6, 6.07) is 9.95. The van der Waals surface area contributed by atoms with E-state index in [9.17, 15) is 4.79 Å². The topological polar surface area (TPSA) is 46.3 Å². The summed E-state index contributed by atoms with van der Waals surface area (Å²) >= 11 is 0. The predicted octanol–water partition coefficient (Wildman–Crippen LogP) is 3.48. The molecule has 0 spiro atoms. The van der Waals surface area contributed by atoms with Crippen molar-refractivity contribution >= 4 is 11.6 Å². The van der Waals surface area contributed by atoms with Gasteiger partial charge in [-0.3, -0.25) is 4.79 Å².